The summed E-state index contributed by atoms with van der Waals surface area (Å²) in [5.74, 6) is -1.49. The number of rotatable bonds is 5. The number of aliphatic carboxylic acids is 1. The van der Waals surface area contributed by atoms with Crippen LogP contribution in [0.25, 0.3) is 0 Å². The van der Waals surface area contributed by atoms with Crippen molar-refractivity contribution in [1.29, 1.82) is 0 Å². The Morgan fingerprint density at radius 2 is 2.05 bits per heavy atom. The highest BCUT2D eigenvalue weighted by atomic mass is 16.4. The highest BCUT2D eigenvalue weighted by Gasteiger charge is 2.29. The van der Waals surface area contributed by atoms with Crippen LogP contribution < -0.4 is 10.6 Å². The SMILES string of the molecule is O=C(O)CC(NC(=O)C1CCC(=O)N1)c1ccccc1. The number of hydrogen-bond donors (Lipinski definition) is 3. The summed E-state index contributed by atoms with van der Waals surface area (Å²) in [4.78, 5) is 34.1. The molecule has 0 aliphatic carbocycles. The van der Waals surface area contributed by atoms with E-state index in [9.17, 15) is 14.4 Å². The number of carbonyl (C=O) groups excluding carboxylic acids is 2. The lowest BCUT2D eigenvalue weighted by Crippen LogP contribution is -2.43. The van der Waals surface area contributed by atoms with Crippen molar-refractivity contribution in [1.82, 2.24) is 10.6 Å². The van der Waals surface area contributed by atoms with Crippen LogP contribution in [-0.4, -0.2) is 28.9 Å². The fourth-order valence-electron chi connectivity index (χ4n) is 2.20. The van der Waals surface area contributed by atoms with Gasteiger partial charge in [-0.05, 0) is 12.0 Å². The Morgan fingerprint density at radius 1 is 1.35 bits per heavy atom. The van der Waals surface area contributed by atoms with Crippen molar-refractivity contribution < 1.29 is 19.5 Å². The van der Waals surface area contributed by atoms with Gasteiger partial charge in [0.2, 0.25) is 11.8 Å². The first-order chi connectivity index (χ1) is 9.56. The van der Waals surface area contributed by atoms with Gasteiger partial charge in [-0.1, -0.05) is 30.3 Å². The predicted octanol–water partition coefficient (Wildman–Crippen LogP) is 0.597. The Bertz CT molecular complexity index is 515. The number of nitrogens with one attached hydrogen (secondary N) is 2. The van der Waals surface area contributed by atoms with Gasteiger partial charge in [0.25, 0.3) is 0 Å². The first kappa shape index (κ1) is 14.0. The molecule has 6 nitrogen and oxygen atoms in total. The Hall–Kier alpha value is -2.37. The molecular weight excluding hydrogens is 260 g/mol. The molecule has 1 aromatic carbocycles. The van der Waals surface area contributed by atoms with Gasteiger partial charge < -0.3 is 15.7 Å². The molecule has 0 spiro atoms. The molecule has 106 valence electrons. The lowest BCUT2D eigenvalue weighted by molar-refractivity contribution is -0.138. The van der Waals surface area contributed by atoms with E-state index in [1.807, 2.05) is 6.07 Å². The Kier molecular flexibility index (Phi) is 4.34. The maximum atomic E-state index is 12.0. The van der Waals surface area contributed by atoms with Gasteiger partial charge in [0.15, 0.2) is 0 Å². The highest BCUT2D eigenvalue weighted by Crippen LogP contribution is 2.17. The molecule has 3 N–H and O–H groups in total. The van der Waals surface area contributed by atoms with Crippen LogP contribution in [0, 0.1) is 0 Å². The third-order valence-corrected chi connectivity index (χ3v) is 3.21. The summed E-state index contributed by atoms with van der Waals surface area (Å²) in [7, 11) is 0. The molecule has 2 atom stereocenters. The number of carboxylic acid groups (broad SMARTS) is 1. The zero-order valence-electron chi connectivity index (χ0n) is 10.8. The first-order valence-corrected chi connectivity index (χ1v) is 6.42. The summed E-state index contributed by atoms with van der Waals surface area (Å²) in [5.41, 5.74) is 0.729. The van der Waals surface area contributed by atoms with Crippen molar-refractivity contribution in [2.24, 2.45) is 0 Å². The van der Waals surface area contributed by atoms with Crippen molar-refractivity contribution in [3.8, 4) is 0 Å². The molecular formula is C14H16N2O4. The van der Waals surface area contributed by atoms with Gasteiger partial charge in [0.1, 0.15) is 6.04 Å². The van der Waals surface area contributed by atoms with E-state index in [0.717, 1.165) is 5.56 Å². The minimum Gasteiger partial charge on any atom is -0.481 e. The molecule has 0 bridgehead atoms. The molecule has 0 saturated carbocycles. The molecule has 1 aromatic rings. The molecule has 1 aliphatic rings. The monoisotopic (exact) mass is 276 g/mol. The Labute approximate surface area is 116 Å². The molecule has 2 unspecified atom stereocenters. The Morgan fingerprint density at radius 3 is 2.60 bits per heavy atom. The summed E-state index contributed by atoms with van der Waals surface area (Å²) in [5, 5.41) is 14.2. The maximum absolute atomic E-state index is 12.0. The van der Waals surface area contributed by atoms with Crippen LogP contribution >= 0.6 is 0 Å². The second kappa shape index (κ2) is 6.18. The molecule has 1 heterocycles. The van der Waals surface area contributed by atoms with Crippen LogP contribution in [0.2, 0.25) is 0 Å². The molecule has 0 radical (unpaired) electrons. The third-order valence-electron chi connectivity index (χ3n) is 3.21. The van der Waals surface area contributed by atoms with E-state index in [1.165, 1.54) is 0 Å². The van der Waals surface area contributed by atoms with E-state index < -0.39 is 18.1 Å². The van der Waals surface area contributed by atoms with Crippen LogP contribution in [0.1, 0.15) is 30.9 Å². The van der Waals surface area contributed by atoms with Crippen LogP contribution in [0.5, 0.6) is 0 Å². The predicted molar refractivity (Wildman–Crippen MR) is 70.7 cm³/mol. The zero-order valence-corrected chi connectivity index (χ0v) is 10.8. The lowest BCUT2D eigenvalue weighted by atomic mass is 10.0. The van der Waals surface area contributed by atoms with Crippen LogP contribution in [0.4, 0.5) is 0 Å². The van der Waals surface area contributed by atoms with Gasteiger partial charge in [-0.2, -0.15) is 0 Å². The Balaban J connectivity index is 2.06. The van der Waals surface area contributed by atoms with Gasteiger partial charge >= 0.3 is 5.97 Å². The number of amides is 2. The topological polar surface area (TPSA) is 95.5 Å². The van der Waals surface area contributed by atoms with E-state index in [1.54, 1.807) is 24.3 Å². The third kappa shape index (κ3) is 3.57. The maximum Gasteiger partial charge on any atom is 0.305 e. The average Bonchev–Trinajstić information content (AvgIpc) is 2.85. The normalized spacial score (nSPS) is 19.2. The van der Waals surface area contributed by atoms with Gasteiger partial charge in [-0.25, -0.2) is 0 Å². The fraction of sp³-hybridized carbons (Fsp3) is 0.357. The largest absolute Gasteiger partial charge is 0.481 e. The summed E-state index contributed by atoms with van der Waals surface area (Å²) >= 11 is 0. The zero-order chi connectivity index (χ0) is 14.5. The molecule has 2 rings (SSSR count). The molecule has 20 heavy (non-hydrogen) atoms. The fourth-order valence-corrected chi connectivity index (χ4v) is 2.20. The molecule has 2 amide bonds. The van der Waals surface area contributed by atoms with Gasteiger partial charge in [0.05, 0.1) is 12.5 Å². The van der Waals surface area contributed by atoms with Crippen LogP contribution in [0.15, 0.2) is 30.3 Å². The van der Waals surface area contributed by atoms with Crippen molar-refractivity contribution in [3.63, 3.8) is 0 Å². The molecule has 1 saturated heterocycles. The second-order valence-electron chi connectivity index (χ2n) is 4.73. The lowest BCUT2D eigenvalue weighted by Gasteiger charge is -2.19. The summed E-state index contributed by atoms with van der Waals surface area (Å²) in [6, 6.07) is 7.76. The quantitative estimate of drug-likeness (QED) is 0.733. The molecule has 6 heteroatoms. The van der Waals surface area contributed by atoms with E-state index in [4.69, 9.17) is 5.11 Å². The van der Waals surface area contributed by atoms with Crippen LogP contribution in [-0.2, 0) is 14.4 Å². The van der Waals surface area contributed by atoms with E-state index in [0.29, 0.717) is 12.8 Å². The molecule has 0 aromatic heterocycles. The summed E-state index contributed by atoms with van der Waals surface area (Å²) in [6.07, 6.45) is 0.572. The molecule has 1 fully saturated rings. The van der Waals surface area contributed by atoms with Gasteiger partial charge in [-0.15, -0.1) is 0 Å². The van der Waals surface area contributed by atoms with Crippen molar-refractivity contribution in [2.45, 2.75) is 31.3 Å². The van der Waals surface area contributed by atoms with E-state index >= 15 is 0 Å². The van der Waals surface area contributed by atoms with Crippen LogP contribution in [0.3, 0.4) is 0 Å². The number of benzene rings is 1. The number of carboxylic acids is 1. The smallest absolute Gasteiger partial charge is 0.305 e. The van der Waals surface area contributed by atoms with Gasteiger partial charge in [0, 0.05) is 6.42 Å². The van der Waals surface area contributed by atoms with E-state index in [-0.39, 0.29) is 18.2 Å². The highest BCUT2D eigenvalue weighted by molar-refractivity contribution is 5.91. The van der Waals surface area contributed by atoms with Crippen molar-refractivity contribution in [2.75, 3.05) is 0 Å². The van der Waals surface area contributed by atoms with E-state index in [2.05, 4.69) is 10.6 Å². The minimum atomic E-state index is -0.991. The van der Waals surface area contributed by atoms with Crippen molar-refractivity contribution in [3.05, 3.63) is 35.9 Å². The average molecular weight is 276 g/mol. The number of carbonyl (C=O) groups is 3. The summed E-state index contributed by atoms with van der Waals surface area (Å²) < 4.78 is 0. The number of hydrogen-bond acceptors (Lipinski definition) is 3. The second-order valence-corrected chi connectivity index (χ2v) is 4.73. The minimum absolute atomic E-state index is 0.153. The summed E-state index contributed by atoms with van der Waals surface area (Å²) in [6.45, 7) is 0. The van der Waals surface area contributed by atoms with Crippen molar-refractivity contribution >= 4 is 17.8 Å². The first-order valence-electron chi connectivity index (χ1n) is 6.42. The van der Waals surface area contributed by atoms with Gasteiger partial charge in [-0.3, -0.25) is 14.4 Å². The molecule has 1 aliphatic heterocycles. The standard InChI is InChI=1S/C14H16N2O4/c17-12-7-6-10(15-12)14(20)16-11(8-13(18)19)9-4-2-1-3-5-9/h1-5,10-11H,6-8H2,(H,15,17)(H,16,20)(H,18,19).